The number of benzene rings is 1. The Balaban J connectivity index is 1.60. The monoisotopic (exact) mass is 339 g/mol. The second-order valence-corrected chi connectivity index (χ2v) is 6.51. The molecule has 8 heteroatoms. The summed E-state index contributed by atoms with van der Waals surface area (Å²) in [7, 11) is 0. The van der Waals surface area contributed by atoms with Gasteiger partial charge in [0.1, 0.15) is 0 Å². The lowest BCUT2D eigenvalue weighted by Crippen LogP contribution is -2.42. The highest BCUT2D eigenvalue weighted by Crippen LogP contribution is 2.26. The Labute approximate surface area is 136 Å². The van der Waals surface area contributed by atoms with Crippen LogP contribution in [0, 0.1) is 0 Å². The quantitative estimate of drug-likeness (QED) is 0.899. The van der Waals surface area contributed by atoms with Crippen LogP contribution in [0.2, 0.25) is 5.02 Å². The molecule has 0 spiro atoms. The Kier molecular flexibility index (Phi) is 4.26. The number of urea groups is 1. The van der Waals surface area contributed by atoms with E-state index in [-0.39, 0.29) is 29.0 Å². The molecule has 1 atom stereocenters. The number of carbonyl (C=O) groups is 3. The van der Waals surface area contributed by atoms with E-state index in [0.717, 1.165) is 11.8 Å². The van der Waals surface area contributed by atoms with E-state index in [1.807, 2.05) is 0 Å². The number of amides is 4. The van der Waals surface area contributed by atoms with Gasteiger partial charge >= 0.3 is 6.03 Å². The van der Waals surface area contributed by atoms with Gasteiger partial charge < -0.3 is 10.2 Å². The molecule has 0 bridgehead atoms. The molecule has 1 N–H and O–H groups in total. The maximum absolute atomic E-state index is 12.2. The third-order valence-electron chi connectivity index (χ3n) is 3.70. The molecule has 0 aliphatic carbocycles. The summed E-state index contributed by atoms with van der Waals surface area (Å²) in [6.45, 7) is 0.892. The molecule has 1 aromatic carbocycles. The fourth-order valence-corrected chi connectivity index (χ4v) is 3.49. The largest absolute Gasteiger partial charge is 0.322 e. The lowest BCUT2D eigenvalue weighted by molar-refractivity contribution is -0.126. The molecule has 0 aromatic heterocycles. The van der Waals surface area contributed by atoms with Gasteiger partial charge in [-0.05, 0) is 30.7 Å². The summed E-state index contributed by atoms with van der Waals surface area (Å²) in [6, 6.07) is 6.38. The summed E-state index contributed by atoms with van der Waals surface area (Å²) >= 11 is 6.82. The van der Waals surface area contributed by atoms with Gasteiger partial charge in [-0.2, -0.15) is 0 Å². The van der Waals surface area contributed by atoms with Crippen LogP contribution in [0.3, 0.4) is 0 Å². The summed E-state index contributed by atoms with van der Waals surface area (Å²) in [5, 5.41) is 3.17. The first-order chi connectivity index (χ1) is 10.5. The zero-order valence-electron chi connectivity index (χ0n) is 11.6. The van der Waals surface area contributed by atoms with E-state index in [0.29, 0.717) is 30.2 Å². The van der Waals surface area contributed by atoms with Gasteiger partial charge in [0, 0.05) is 23.8 Å². The van der Waals surface area contributed by atoms with Crippen molar-refractivity contribution in [1.82, 2.24) is 9.80 Å². The number of rotatable bonds is 2. The number of nitrogens with one attached hydrogen (secondary N) is 1. The highest BCUT2D eigenvalue weighted by Gasteiger charge is 2.40. The van der Waals surface area contributed by atoms with Gasteiger partial charge in [-0.25, -0.2) is 4.79 Å². The van der Waals surface area contributed by atoms with Crippen molar-refractivity contribution in [2.45, 2.75) is 12.5 Å². The molecule has 1 aromatic rings. The summed E-state index contributed by atoms with van der Waals surface area (Å²) in [4.78, 5) is 38.5. The average molecular weight is 340 g/mol. The zero-order chi connectivity index (χ0) is 15.7. The van der Waals surface area contributed by atoms with Crippen LogP contribution >= 0.6 is 23.4 Å². The van der Waals surface area contributed by atoms with E-state index in [2.05, 4.69) is 5.32 Å². The maximum Gasteiger partial charge on any atom is 0.321 e. The van der Waals surface area contributed by atoms with Crippen LogP contribution in [-0.4, -0.2) is 51.9 Å². The van der Waals surface area contributed by atoms with Crippen molar-refractivity contribution < 1.29 is 14.4 Å². The predicted molar refractivity (Wildman–Crippen MR) is 85.1 cm³/mol. The van der Waals surface area contributed by atoms with E-state index in [1.54, 1.807) is 29.2 Å². The van der Waals surface area contributed by atoms with E-state index in [1.165, 1.54) is 4.90 Å². The Morgan fingerprint density at radius 1 is 1.27 bits per heavy atom. The van der Waals surface area contributed by atoms with Gasteiger partial charge in [0.05, 0.1) is 11.8 Å². The minimum Gasteiger partial charge on any atom is -0.322 e. The molecule has 2 aliphatic heterocycles. The number of hydrogen-bond acceptors (Lipinski definition) is 4. The SMILES string of the molecule is O=C(Nc1ccc(Cl)cc1)N1CCC(N2C(=O)CSC2=O)C1. The molecule has 0 radical (unpaired) electrons. The number of likely N-dealkylation sites (tertiary alicyclic amines) is 1. The van der Waals surface area contributed by atoms with Crippen LogP contribution in [-0.2, 0) is 4.79 Å². The molecule has 116 valence electrons. The third-order valence-corrected chi connectivity index (χ3v) is 4.78. The molecule has 22 heavy (non-hydrogen) atoms. The molecule has 2 fully saturated rings. The molecular weight excluding hydrogens is 326 g/mol. The highest BCUT2D eigenvalue weighted by atomic mass is 35.5. The number of halogens is 1. The fourth-order valence-electron chi connectivity index (χ4n) is 2.59. The molecule has 2 heterocycles. The lowest BCUT2D eigenvalue weighted by atomic mass is 10.2. The molecule has 0 saturated carbocycles. The zero-order valence-corrected chi connectivity index (χ0v) is 13.2. The molecule has 1 unspecified atom stereocenters. The summed E-state index contributed by atoms with van der Waals surface area (Å²) in [5.41, 5.74) is 0.654. The molecule has 2 saturated heterocycles. The van der Waals surface area contributed by atoms with Crippen molar-refractivity contribution in [1.29, 1.82) is 0 Å². The van der Waals surface area contributed by atoms with E-state index in [9.17, 15) is 14.4 Å². The highest BCUT2D eigenvalue weighted by molar-refractivity contribution is 8.14. The second-order valence-electron chi connectivity index (χ2n) is 5.14. The first-order valence-corrected chi connectivity index (χ1v) is 8.21. The smallest absolute Gasteiger partial charge is 0.321 e. The van der Waals surface area contributed by atoms with Gasteiger partial charge in [0.15, 0.2) is 0 Å². The Hall–Kier alpha value is -1.73. The number of hydrogen-bond donors (Lipinski definition) is 1. The second kappa shape index (κ2) is 6.18. The molecular formula is C14H14ClN3O3S. The topological polar surface area (TPSA) is 69.7 Å². The lowest BCUT2D eigenvalue weighted by Gasteiger charge is -2.22. The Morgan fingerprint density at radius 2 is 2.00 bits per heavy atom. The average Bonchev–Trinajstić information content (AvgIpc) is 3.08. The van der Waals surface area contributed by atoms with Crippen LogP contribution in [0.25, 0.3) is 0 Å². The normalized spacial score (nSPS) is 21.6. The molecule has 6 nitrogen and oxygen atoms in total. The molecule has 2 aliphatic rings. The summed E-state index contributed by atoms with van der Waals surface area (Å²) in [6.07, 6.45) is 0.617. The Bertz CT molecular complexity index is 606. The number of anilines is 1. The van der Waals surface area contributed by atoms with E-state index >= 15 is 0 Å². The van der Waals surface area contributed by atoms with Crippen molar-refractivity contribution in [2.75, 3.05) is 24.2 Å². The minimum atomic E-state index is -0.239. The van der Waals surface area contributed by atoms with Crippen molar-refractivity contribution in [3.8, 4) is 0 Å². The first kappa shape index (κ1) is 15.2. The third kappa shape index (κ3) is 3.05. The van der Waals surface area contributed by atoms with E-state index < -0.39 is 0 Å². The molecule has 4 amide bonds. The first-order valence-electron chi connectivity index (χ1n) is 6.85. The van der Waals surface area contributed by atoms with Gasteiger partial charge in [-0.1, -0.05) is 23.4 Å². The van der Waals surface area contributed by atoms with Crippen LogP contribution in [0.15, 0.2) is 24.3 Å². The standard InChI is InChI=1S/C14H14ClN3O3S/c15-9-1-3-10(4-2-9)16-13(20)17-6-5-11(7-17)18-12(19)8-22-14(18)21/h1-4,11H,5-8H2,(H,16,20). The van der Waals surface area contributed by atoms with Crippen LogP contribution in [0.4, 0.5) is 15.3 Å². The Morgan fingerprint density at radius 3 is 2.64 bits per heavy atom. The van der Waals surface area contributed by atoms with Crippen molar-refractivity contribution in [3.63, 3.8) is 0 Å². The fraction of sp³-hybridized carbons (Fsp3) is 0.357. The molecule has 3 rings (SSSR count). The van der Waals surface area contributed by atoms with Crippen molar-refractivity contribution in [2.24, 2.45) is 0 Å². The van der Waals surface area contributed by atoms with Gasteiger partial charge in [0.25, 0.3) is 5.24 Å². The summed E-state index contributed by atoms with van der Waals surface area (Å²) < 4.78 is 0. The van der Waals surface area contributed by atoms with Gasteiger partial charge in [-0.3, -0.25) is 14.5 Å². The van der Waals surface area contributed by atoms with Crippen LogP contribution < -0.4 is 5.32 Å². The minimum absolute atomic E-state index is 0.167. The van der Waals surface area contributed by atoms with Crippen molar-refractivity contribution in [3.05, 3.63) is 29.3 Å². The number of imide groups is 1. The van der Waals surface area contributed by atoms with Gasteiger partial charge in [0.2, 0.25) is 5.91 Å². The maximum atomic E-state index is 12.2. The van der Waals surface area contributed by atoms with Crippen LogP contribution in [0.5, 0.6) is 0 Å². The van der Waals surface area contributed by atoms with Crippen molar-refractivity contribution >= 4 is 46.2 Å². The van der Waals surface area contributed by atoms with E-state index in [4.69, 9.17) is 11.6 Å². The number of nitrogens with zero attached hydrogens (tertiary/aromatic N) is 2. The van der Waals surface area contributed by atoms with Crippen LogP contribution in [0.1, 0.15) is 6.42 Å². The predicted octanol–water partition coefficient (Wildman–Crippen LogP) is 2.64. The number of thioether (sulfide) groups is 1. The van der Waals surface area contributed by atoms with Gasteiger partial charge in [-0.15, -0.1) is 0 Å². The number of carbonyl (C=O) groups excluding carboxylic acids is 3. The summed E-state index contributed by atoms with van der Waals surface area (Å²) in [5.74, 6) is 0.0340.